The summed E-state index contributed by atoms with van der Waals surface area (Å²) in [6.07, 6.45) is 1.31. The second kappa shape index (κ2) is 8.35. The Balaban J connectivity index is 1.93. The molecule has 1 atom stereocenters. The summed E-state index contributed by atoms with van der Waals surface area (Å²) in [5.41, 5.74) is 1.26. The Labute approximate surface area is 156 Å². The predicted molar refractivity (Wildman–Crippen MR) is 96.8 cm³/mol. The Morgan fingerprint density at radius 1 is 1.26 bits per heavy atom. The van der Waals surface area contributed by atoms with E-state index in [9.17, 15) is 14.4 Å². The molecule has 0 saturated carbocycles. The molecule has 0 bridgehead atoms. The van der Waals surface area contributed by atoms with Gasteiger partial charge in [0.05, 0.1) is 6.61 Å². The number of carbonyl (C=O) groups is 2. The van der Waals surface area contributed by atoms with Crippen LogP contribution >= 0.6 is 0 Å². The van der Waals surface area contributed by atoms with Gasteiger partial charge in [-0.05, 0) is 50.3 Å². The highest BCUT2D eigenvalue weighted by atomic mass is 16.6. The lowest BCUT2D eigenvalue weighted by atomic mass is 10.0. The highest BCUT2D eigenvalue weighted by Gasteiger charge is 2.26. The van der Waals surface area contributed by atoms with E-state index in [1.165, 1.54) is 12.1 Å². The topological polar surface area (TPSA) is 92.0 Å². The number of esters is 2. The van der Waals surface area contributed by atoms with E-state index < -0.39 is 17.7 Å². The zero-order chi connectivity index (χ0) is 19.4. The summed E-state index contributed by atoms with van der Waals surface area (Å²) < 4.78 is 21.1. The molecule has 1 saturated heterocycles. The van der Waals surface area contributed by atoms with Crippen molar-refractivity contribution in [1.29, 1.82) is 0 Å². The molecule has 1 aromatic heterocycles. The second-order valence-corrected chi connectivity index (χ2v) is 6.43. The van der Waals surface area contributed by atoms with Crippen LogP contribution in [-0.4, -0.2) is 31.3 Å². The van der Waals surface area contributed by atoms with Crippen molar-refractivity contribution in [2.75, 3.05) is 13.2 Å². The molecule has 3 rings (SSSR count). The lowest BCUT2D eigenvalue weighted by Crippen LogP contribution is -2.25. The molecule has 1 aliphatic rings. The van der Waals surface area contributed by atoms with Crippen LogP contribution in [-0.2, 0) is 25.5 Å². The second-order valence-electron chi connectivity index (χ2n) is 6.43. The average molecular weight is 374 g/mol. The fourth-order valence-corrected chi connectivity index (χ4v) is 3.09. The summed E-state index contributed by atoms with van der Waals surface area (Å²) in [6.45, 7) is 4.38. The highest BCUT2D eigenvalue weighted by Crippen LogP contribution is 2.29. The van der Waals surface area contributed by atoms with Gasteiger partial charge >= 0.3 is 17.6 Å². The summed E-state index contributed by atoms with van der Waals surface area (Å²) in [6, 6.07) is 4.71. The van der Waals surface area contributed by atoms with Gasteiger partial charge in [-0.15, -0.1) is 0 Å². The zero-order valence-corrected chi connectivity index (χ0v) is 15.4. The van der Waals surface area contributed by atoms with E-state index in [-0.39, 0.29) is 18.1 Å². The predicted octanol–water partition coefficient (Wildman–Crippen LogP) is 2.68. The van der Waals surface area contributed by atoms with E-state index in [4.69, 9.17) is 18.6 Å². The van der Waals surface area contributed by atoms with E-state index in [0.717, 1.165) is 17.4 Å². The molecular formula is C20H22O7. The summed E-state index contributed by atoms with van der Waals surface area (Å²) in [7, 11) is 0. The molecule has 2 aromatic rings. The van der Waals surface area contributed by atoms with Crippen LogP contribution in [0.1, 0.15) is 37.3 Å². The van der Waals surface area contributed by atoms with Gasteiger partial charge in [0.2, 0.25) is 0 Å². The maximum Gasteiger partial charge on any atom is 0.340 e. The van der Waals surface area contributed by atoms with Crippen molar-refractivity contribution in [1.82, 2.24) is 0 Å². The molecule has 0 aliphatic carbocycles. The summed E-state index contributed by atoms with van der Waals surface area (Å²) >= 11 is 0. The van der Waals surface area contributed by atoms with Crippen LogP contribution in [0.15, 0.2) is 27.4 Å². The number of carbonyl (C=O) groups excluding carboxylic acids is 2. The molecule has 7 nitrogen and oxygen atoms in total. The number of aryl methyl sites for hydroxylation is 2. The van der Waals surface area contributed by atoms with Crippen molar-refractivity contribution < 1.29 is 28.2 Å². The van der Waals surface area contributed by atoms with Crippen LogP contribution in [0.2, 0.25) is 0 Å². The Morgan fingerprint density at radius 2 is 2.07 bits per heavy atom. The Kier molecular flexibility index (Phi) is 5.91. The van der Waals surface area contributed by atoms with E-state index in [1.807, 2.05) is 0 Å². The number of benzene rings is 1. The lowest BCUT2D eigenvalue weighted by molar-refractivity contribution is -0.144. The van der Waals surface area contributed by atoms with Gasteiger partial charge in [0.1, 0.15) is 11.3 Å². The molecule has 1 fully saturated rings. The molecule has 1 aliphatic heterocycles. The highest BCUT2D eigenvalue weighted by molar-refractivity contribution is 5.85. The van der Waals surface area contributed by atoms with Crippen molar-refractivity contribution in [2.24, 2.45) is 0 Å². The SMILES string of the molecule is CCOC(=O)CCc1cc2c(C)cc(=O)oc2cc1OC(=O)C1CCCO1. The van der Waals surface area contributed by atoms with Crippen LogP contribution in [0.4, 0.5) is 0 Å². The maximum atomic E-state index is 12.3. The minimum absolute atomic E-state index is 0.152. The van der Waals surface area contributed by atoms with Gasteiger partial charge in [-0.2, -0.15) is 0 Å². The van der Waals surface area contributed by atoms with E-state index in [1.54, 1.807) is 19.9 Å². The third-order valence-corrected chi connectivity index (χ3v) is 4.44. The molecule has 0 N–H and O–H groups in total. The number of fused-ring (bicyclic) bond motifs is 1. The zero-order valence-electron chi connectivity index (χ0n) is 15.4. The third kappa shape index (κ3) is 4.54. The molecule has 1 aromatic carbocycles. The van der Waals surface area contributed by atoms with Crippen LogP contribution < -0.4 is 10.4 Å². The van der Waals surface area contributed by atoms with Gasteiger partial charge in [0.25, 0.3) is 0 Å². The first-order chi connectivity index (χ1) is 13.0. The molecule has 27 heavy (non-hydrogen) atoms. The molecule has 144 valence electrons. The van der Waals surface area contributed by atoms with Crippen LogP contribution in [0, 0.1) is 6.92 Å². The summed E-state index contributed by atoms with van der Waals surface area (Å²) in [4.78, 5) is 35.7. The van der Waals surface area contributed by atoms with Gasteiger partial charge in [-0.3, -0.25) is 4.79 Å². The first kappa shape index (κ1) is 19.1. The van der Waals surface area contributed by atoms with Crippen molar-refractivity contribution in [2.45, 2.75) is 45.6 Å². The van der Waals surface area contributed by atoms with Gasteiger partial charge in [0.15, 0.2) is 6.10 Å². The van der Waals surface area contributed by atoms with E-state index in [0.29, 0.717) is 37.2 Å². The number of hydrogen-bond acceptors (Lipinski definition) is 7. The van der Waals surface area contributed by atoms with Crippen molar-refractivity contribution in [3.05, 3.63) is 39.7 Å². The Morgan fingerprint density at radius 3 is 2.78 bits per heavy atom. The standard InChI is InChI=1S/C20H22O7/c1-3-24-18(21)7-6-13-10-14-12(2)9-19(22)26-17(14)11-16(13)27-20(23)15-5-4-8-25-15/h9-11,15H,3-8H2,1-2H3. The fourth-order valence-electron chi connectivity index (χ4n) is 3.09. The fraction of sp³-hybridized carbons (Fsp3) is 0.450. The minimum Gasteiger partial charge on any atom is -0.466 e. The van der Waals surface area contributed by atoms with Gasteiger partial charge in [-0.1, -0.05) is 0 Å². The Bertz CT molecular complexity index is 906. The lowest BCUT2D eigenvalue weighted by Gasteiger charge is -2.14. The van der Waals surface area contributed by atoms with E-state index >= 15 is 0 Å². The molecule has 2 heterocycles. The van der Waals surface area contributed by atoms with Crippen LogP contribution in [0.25, 0.3) is 11.0 Å². The Hall–Kier alpha value is -2.67. The van der Waals surface area contributed by atoms with Crippen molar-refractivity contribution >= 4 is 22.9 Å². The van der Waals surface area contributed by atoms with Crippen LogP contribution in [0.5, 0.6) is 5.75 Å². The van der Waals surface area contributed by atoms with Crippen LogP contribution in [0.3, 0.4) is 0 Å². The number of ether oxygens (including phenoxy) is 3. The molecule has 0 amide bonds. The normalized spacial score (nSPS) is 16.4. The minimum atomic E-state index is -0.594. The first-order valence-corrected chi connectivity index (χ1v) is 9.04. The van der Waals surface area contributed by atoms with Gasteiger partial charge < -0.3 is 18.6 Å². The molecule has 7 heteroatoms. The average Bonchev–Trinajstić information content (AvgIpc) is 3.15. The molecule has 1 unspecified atom stereocenters. The smallest absolute Gasteiger partial charge is 0.340 e. The summed E-state index contributed by atoms with van der Waals surface area (Å²) in [5, 5.41) is 0.727. The molecular weight excluding hydrogens is 352 g/mol. The third-order valence-electron chi connectivity index (χ3n) is 4.44. The summed E-state index contributed by atoms with van der Waals surface area (Å²) in [5.74, 6) is -0.550. The van der Waals surface area contributed by atoms with E-state index in [2.05, 4.69) is 0 Å². The van der Waals surface area contributed by atoms with Crippen molar-refractivity contribution in [3.8, 4) is 5.75 Å². The van der Waals surface area contributed by atoms with Gasteiger partial charge in [0, 0.05) is 30.5 Å². The molecule has 0 spiro atoms. The largest absolute Gasteiger partial charge is 0.466 e. The quantitative estimate of drug-likeness (QED) is 0.436. The first-order valence-electron chi connectivity index (χ1n) is 9.04. The molecule has 0 radical (unpaired) electrons. The van der Waals surface area contributed by atoms with Crippen molar-refractivity contribution in [3.63, 3.8) is 0 Å². The maximum absolute atomic E-state index is 12.3. The number of rotatable bonds is 6. The monoisotopic (exact) mass is 374 g/mol. The van der Waals surface area contributed by atoms with Gasteiger partial charge in [-0.25, -0.2) is 9.59 Å². The number of hydrogen-bond donors (Lipinski definition) is 0.